The highest BCUT2D eigenvalue weighted by atomic mass is 16.2. The molecule has 120 valence electrons. The van der Waals surface area contributed by atoms with Crippen molar-refractivity contribution in [3.63, 3.8) is 0 Å². The number of nitrogens with zero attached hydrogens (tertiary/aromatic N) is 2. The molecular weight excluding hydrogens is 266 g/mol. The third-order valence-corrected chi connectivity index (χ3v) is 4.29. The van der Waals surface area contributed by atoms with Gasteiger partial charge in [0.2, 0.25) is 0 Å². The second-order valence-corrected chi connectivity index (χ2v) is 7.42. The molecule has 0 aromatic rings. The lowest BCUT2D eigenvalue weighted by molar-refractivity contribution is -0.132. The molecule has 1 saturated heterocycles. The lowest BCUT2D eigenvalue weighted by atomic mass is 9.98. The zero-order valence-corrected chi connectivity index (χ0v) is 13.8. The van der Waals surface area contributed by atoms with Gasteiger partial charge in [-0.05, 0) is 24.7 Å². The van der Waals surface area contributed by atoms with E-state index in [2.05, 4.69) is 37.9 Å². The van der Waals surface area contributed by atoms with Gasteiger partial charge in [0, 0.05) is 13.1 Å². The van der Waals surface area contributed by atoms with E-state index in [1.807, 2.05) is 0 Å². The molecule has 0 unspecified atom stereocenters. The number of amides is 3. The molecule has 0 atom stereocenters. The van der Waals surface area contributed by atoms with Gasteiger partial charge in [-0.3, -0.25) is 9.69 Å². The van der Waals surface area contributed by atoms with Crippen LogP contribution in [0.5, 0.6) is 0 Å². The fourth-order valence-corrected chi connectivity index (χ4v) is 3.54. The van der Waals surface area contributed by atoms with Crippen molar-refractivity contribution >= 4 is 11.9 Å². The van der Waals surface area contributed by atoms with E-state index in [0.717, 1.165) is 38.8 Å². The van der Waals surface area contributed by atoms with Gasteiger partial charge in [0.15, 0.2) is 0 Å². The van der Waals surface area contributed by atoms with Crippen LogP contribution in [0.4, 0.5) is 4.79 Å². The first-order valence-corrected chi connectivity index (χ1v) is 8.20. The molecule has 1 heterocycles. The summed E-state index contributed by atoms with van der Waals surface area (Å²) in [6.45, 7) is 10.9. The molecule has 1 spiro atoms. The summed E-state index contributed by atoms with van der Waals surface area (Å²) in [5, 5.41) is 2.95. The summed E-state index contributed by atoms with van der Waals surface area (Å²) in [5.41, 5.74) is -0.585. The van der Waals surface area contributed by atoms with Crippen LogP contribution in [-0.4, -0.2) is 47.0 Å². The van der Waals surface area contributed by atoms with Crippen LogP contribution < -0.4 is 5.32 Å². The number of carbonyl (C=O) groups is 2. The standard InChI is InChI=1S/C16H29N3O2/c1-12(2)9-18(10-13(3)4)11-19-14(20)16(17-15(19)21)7-5-6-8-16/h12-13H,5-11H2,1-4H3,(H,17,21). The number of urea groups is 1. The minimum atomic E-state index is -0.585. The molecule has 3 amide bonds. The maximum Gasteiger partial charge on any atom is 0.326 e. The average molecular weight is 295 g/mol. The number of imide groups is 1. The van der Waals surface area contributed by atoms with Gasteiger partial charge < -0.3 is 5.32 Å². The highest BCUT2D eigenvalue weighted by molar-refractivity contribution is 6.07. The molecule has 21 heavy (non-hydrogen) atoms. The van der Waals surface area contributed by atoms with Crippen molar-refractivity contribution in [2.24, 2.45) is 11.8 Å². The van der Waals surface area contributed by atoms with E-state index < -0.39 is 5.54 Å². The van der Waals surface area contributed by atoms with Crippen LogP contribution in [0, 0.1) is 11.8 Å². The van der Waals surface area contributed by atoms with E-state index in [1.54, 1.807) is 0 Å². The number of hydrogen-bond donors (Lipinski definition) is 1. The Morgan fingerprint density at radius 2 is 1.62 bits per heavy atom. The fourth-order valence-electron chi connectivity index (χ4n) is 3.54. The molecule has 5 nitrogen and oxygen atoms in total. The fraction of sp³-hybridized carbons (Fsp3) is 0.875. The summed E-state index contributed by atoms with van der Waals surface area (Å²) >= 11 is 0. The second-order valence-electron chi connectivity index (χ2n) is 7.42. The molecule has 1 N–H and O–H groups in total. The Labute approximate surface area is 128 Å². The zero-order chi connectivity index (χ0) is 15.6. The third-order valence-electron chi connectivity index (χ3n) is 4.29. The minimum absolute atomic E-state index is 0.0116. The Hall–Kier alpha value is -1.10. The van der Waals surface area contributed by atoms with Crippen molar-refractivity contribution in [3.8, 4) is 0 Å². The van der Waals surface area contributed by atoms with Crippen LogP contribution in [-0.2, 0) is 4.79 Å². The van der Waals surface area contributed by atoms with Crippen LogP contribution >= 0.6 is 0 Å². The summed E-state index contributed by atoms with van der Waals surface area (Å²) in [4.78, 5) is 28.5. The molecule has 1 saturated carbocycles. The minimum Gasteiger partial charge on any atom is -0.323 e. The van der Waals surface area contributed by atoms with Crippen LogP contribution in [0.15, 0.2) is 0 Å². The van der Waals surface area contributed by atoms with Crippen molar-refractivity contribution in [1.29, 1.82) is 0 Å². The Morgan fingerprint density at radius 3 is 2.10 bits per heavy atom. The van der Waals surface area contributed by atoms with Gasteiger partial charge >= 0.3 is 6.03 Å². The zero-order valence-electron chi connectivity index (χ0n) is 13.8. The molecule has 0 radical (unpaired) electrons. The van der Waals surface area contributed by atoms with Crippen molar-refractivity contribution < 1.29 is 9.59 Å². The van der Waals surface area contributed by atoms with Gasteiger partial charge in [-0.25, -0.2) is 9.69 Å². The van der Waals surface area contributed by atoms with Gasteiger partial charge in [-0.15, -0.1) is 0 Å². The lowest BCUT2D eigenvalue weighted by Gasteiger charge is -2.29. The van der Waals surface area contributed by atoms with Crippen LogP contribution in [0.2, 0.25) is 0 Å². The predicted molar refractivity (Wildman–Crippen MR) is 82.7 cm³/mol. The topological polar surface area (TPSA) is 52.6 Å². The van der Waals surface area contributed by atoms with Gasteiger partial charge in [0.05, 0.1) is 6.67 Å². The van der Waals surface area contributed by atoms with Crippen molar-refractivity contribution in [2.45, 2.75) is 58.9 Å². The maximum absolute atomic E-state index is 12.7. The number of rotatable bonds is 6. The average Bonchev–Trinajstić information content (AvgIpc) is 2.90. The molecule has 5 heteroatoms. The number of hydrogen-bond acceptors (Lipinski definition) is 3. The largest absolute Gasteiger partial charge is 0.326 e. The summed E-state index contributed by atoms with van der Waals surface area (Å²) in [6, 6.07) is -0.209. The van der Waals surface area contributed by atoms with E-state index in [-0.39, 0.29) is 11.9 Å². The summed E-state index contributed by atoms with van der Waals surface area (Å²) in [7, 11) is 0. The molecule has 1 aliphatic heterocycles. The van der Waals surface area contributed by atoms with Crippen molar-refractivity contribution in [1.82, 2.24) is 15.1 Å². The third kappa shape index (κ3) is 3.57. The Morgan fingerprint density at radius 1 is 1.10 bits per heavy atom. The first kappa shape index (κ1) is 16.3. The number of nitrogens with one attached hydrogen (secondary N) is 1. The molecule has 0 aromatic heterocycles. The number of carbonyl (C=O) groups excluding carboxylic acids is 2. The second kappa shape index (κ2) is 6.34. The summed E-state index contributed by atoms with van der Waals surface area (Å²) in [5.74, 6) is 1.03. The quantitative estimate of drug-likeness (QED) is 0.766. The smallest absolute Gasteiger partial charge is 0.323 e. The Balaban J connectivity index is 2.05. The highest BCUT2D eigenvalue weighted by Crippen LogP contribution is 2.35. The molecule has 2 rings (SSSR count). The van der Waals surface area contributed by atoms with E-state index in [4.69, 9.17) is 0 Å². The van der Waals surface area contributed by atoms with E-state index >= 15 is 0 Å². The Kier molecular flexibility index (Phi) is 4.91. The molecule has 1 aliphatic carbocycles. The van der Waals surface area contributed by atoms with E-state index in [9.17, 15) is 9.59 Å². The molecule has 2 fully saturated rings. The maximum atomic E-state index is 12.7. The first-order chi connectivity index (χ1) is 9.84. The van der Waals surface area contributed by atoms with Crippen LogP contribution in [0.3, 0.4) is 0 Å². The lowest BCUT2D eigenvalue weighted by Crippen LogP contribution is -2.46. The SMILES string of the molecule is CC(C)CN(CC(C)C)CN1C(=O)NC2(CCCC2)C1=O. The van der Waals surface area contributed by atoms with Gasteiger partial charge in [0.1, 0.15) is 5.54 Å². The Bertz CT molecular complexity index is 390. The molecular formula is C16H29N3O2. The molecule has 0 bridgehead atoms. The van der Waals surface area contributed by atoms with Gasteiger partial charge in [0.25, 0.3) is 5.91 Å². The van der Waals surface area contributed by atoms with E-state index in [1.165, 1.54) is 4.90 Å². The summed E-state index contributed by atoms with van der Waals surface area (Å²) < 4.78 is 0. The highest BCUT2D eigenvalue weighted by Gasteiger charge is 2.52. The van der Waals surface area contributed by atoms with Crippen LogP contribution in [0.1, 0.15) is 53.4 Å². The summed E-state index contributed by atoms with van der Waals surface area (Å²) in [6.07, 6.45) is 3.65. The predicted octanol–water partition coefficient (Wildman–Crippen LogP) is 2.42. The normalized spacial score (nSPS) is 21.4. The molecule has 2 aliphatic rings. The van der Waals surface area contributed by atoms with Gasteiger partial charge in [-0.1, -0.05) is 40.5 Å². The van der Waals surface area contributed by atoms with E-state index in [0.29, 0.717) is 18.5 Å². The van der Waals surface area contributed by atoms with Crippen molar-refractivity contribution in [3.05, 3.63) is 0 Å². The molecule has 0 aromatic carbocycles. The van der Waals surface area contributed by atoms with Crippen LogP contribution in [0.25, 0.3) is 0 Å². The monoisotopic (exact) mass is 295 g/mol. The first-order valence-electron chi connectivity index (χ1n) is 8.20. The van der Waals surface area contributed by atoms with Crippen molar-refractivity contribution in [2.75, 3.05) is 19.8 Å². The van der Waals surface area contributed by atoms with Gasteiger partial charge in [-0.2, -0.15) is 0 Å².